The number of esters is 1. The van der Waals surface area contributed by atoms with Crippen molar-refractivity contribution in [3.63, 3.8) is 0 Å². The summed E-state index contributed by atoms with van der Waals surface area (Å²) in [6, 6.07) is 12.1. The van der Waals surface area contributed by atoms with Crippen LogP contribution in [0.25, 0.3) is 6.08 Å². The number of ether oxygens (including phenoxy) is 2. The highest BCUT2D eigenvalue weighted by atomic mass is 79.9. The Hall–Kier alpha value is -2.86. The van der Waals surface area contributed by atoms with Crippen molar-refractivity contribution in [2.75, 3.05) is 5.32 Å². The second-order valence-electron chi connectivity index (χ2n) is 6.19. The topological polar surface area (TPSA) is 64.6 Å². The summed E-state index contributed by atoms with van der Waals surface area (Å²) in [5, 5.41) is 2.81. The fraction of sp³-hybridized carbons (Fsp3) is 0.143. The molecule has 0 radical (unpaired) electrons. The second-order valence-corrected chi connectivity index (χ2v) is 7.10. The summed E-state index contributed by atoms with van der Waals surface area (Å²) < 4.78 is 11.6. The minimum atomic E-state index is -0.392. The average Bonchev–Trinajstić information content (AvgIpc) is 2.83. The van der Waals surface area contributed by atoms with Gasteiger partial charge in [0.25, 0.3) is 5.91 Å². The number of halogens is 1. The molecule has 1 aliphatic heterocycles. The van der Waals surface area contributed by atoms with Crippen molar-refractivity contribution in [2.24, 2.45) is 0 Å². The van der Waals surface area contributed by atoms with E-state index < -0.39 is 5.97 Å². The summed E-state index contributed by atoms with van der Waals surface area (Å²) in [7, 11) is 0. The van der Waals surface area contributed by atoms with Gasteiger partial charge in [0.2, 0.25) is 0 Å². The highest BCUT2D eigenvalue weighted by Crippen LogP contribution is 2.28. The molecule has 5 nitrogen and oxygen atoms in total. The quantitative estimate of drug-likeness (QED) is 0.701. The molecule has 0 spiro atoms. The average molecular weight is 428 g/mol. The first-order chi connectivity index (χ1) is 12.9. The van der Waals surface area contributed by atoms with E-state index in [9.17, 15) is 9.59 Å². The van der Waals surface area contributed by atoms with E-state index in [0.29, 0.717) is 22.6 Å². The van der Waals surface area contributed by atoms with Gasteiger partial charge in [0.05, 0.1) is 17.9 Å². The Labute approximate surface area is 165 Å². The molecule has 0 atom stereocenters. The molecule has 1 N–H and O–H groups in total. The van der Waals surface area contributed by atoms with Gasteiger partial charge in [-0.15, -0.1) is 0 Å². The molecule has 2 aromatic rings. The second kappa shape index (κ2) is 8.22. The van der Waals surface area contributed by atoms with E-state index in [4.69, 9.17) is 9.47 Å². The molecular weight excluding hydrogens is 410 g/mol. The molecule has 0 saturated carbocycles. The molecule has 0 aliphatic carbocycles. The number of hydrogen-bond donors (Lipinski definition) is 1. The van der Waals surface area contributed by atoms with Crippen LogP contribution in [0.1, 0.15) is 29.8 Å². The van der Waals surface area contributed by atoms with Gasteiger partial charge in [-0.3, -0.25) is 4.79 Å². The molecule has 0 bridgehead atoms. The zero-order chi connectivity index (χ0) is 19.4. The molecule has 3 rings (SSSR count). The molecular formula is C21H18BrNO4. The monoisotopic (exact) mass is 427 g/mol. The summed E-state index contributed by atoms with van der Waals surface area (Å²) in [6.07, 6.45) is 4.66. The molecule has 138 valence electrons. The fourth-order valence-electron chi connectivity index (χ4n) is 2.45. The lowest BCUT2D eigenvalue weighted by Crippen LogP contribution is -2.14. The zero-order valence-corrected chi connectivity index (χ0v) is 16.4. The summed E-state index contributed by atoms with van der Waals surface area (Å²) in [5.74, 6) is 0.00192. The summed E-state index contributed by atoms with van der Waals surface area (Å²) in [5.41, 5.74) is 2.26. The Bertz CT molecular complexity index is 930. The van der Waals surface area contributed by atoms with E-state index in [0.717, 1.165) is 10.0 Å². The first kappa shape index (κ1) is 18.9. The number of benzene rings is 2. The van der Waals surface area contributed by atoms with E-state index in [1.165, 1.54) is 6.26 Å². The SMILES string of the molecule is CC(C)OC(=O)c1ccc(NC(=O)C2=Cc3cc(Br)ccc3OC=C2)cc1. The lowest BCUT2D eigenvalue weighted by molar-refractivity contribution is -0.112. The number of amides is 1. The smallest absolute Gasteiger partial charge is 0.338 e. The van der Waals surface area contributed by atoms with Crippen molar-refractivity contribution in [2.45, 2.75) is 20.0 Å². The third-order valence-electron chi connectivity index (χ3n) is 3.71. The number of fused-ring (bicyclic) bond motifs is 1. The molecule has 0 unspecified atom stereocenters. The third kappa shape index (κ3) is 4.86. The molecule has 6 heteroatoms. The van der Waals surface area contributed by atoms with E-state index in [2.05, 4.69) is 21.2 Å². The van der Waals surface area contributed by atoms with Crippen LogP contribution >= 0.6 is 15.9 Å². The normalized spacial score (nSPS) is 12.5. The maximum atomic E-state index is 12.6. The van der Waals surface area contributed by atoms with Crippen LogP contribution < -0.4 is 10.1 Å². The minimum Gasteiger partial charge on any atom is -0.464 e. The Morgan fingerprint density at radius 1 is 1.11 bits per heavy atom. The van der Waals surface area contributed by atoms with Crippen LogP contribution in [0.15, 0.2) is 64.8 Å². The number of anilines is 1. The van der Waals surface area contributed by atoms with Crippen molar-refractivity contribution in [3.05, 3.63) is 76.0 Å². The lowest BCUT2D eigenvalue weighted by Gasteiger charge is -2.09. The number of carbonyl (C=O) groups is 2. The van der Waals surface area contributed by atoms with Crippen molar-refractivity contribution in [1.82, 2.24) is 0 Å². The Morgan fingerprint density at radius 3 is 2.56 bits per heavy atom. The molecule has 27 heavy (non-hydrogen) atoms. The van der Waals surface area contributed by atoms with Crippen molar-refractivity contribution < 1.29 is 19.1 Å². The van der Waals surface area contributed by atoms with Crippen LogP contribution in [0, 0.1) is 0 Å². The van der Waals surface area contributed by atoms with Crippen LogP contribution in [0.3, 0.4) is 0 Å². The van der Waals surface area contributed by atoms with Gasteiger partial charge in [0.15, 0.2) is 0 Å². The number of nitrogens with one attached hydrogen (secondary N) is 1. The standard InChI is InChI=1S/C21H18BrNO4/c1-13(2)27-21(25)14-3-6-18(7-4-14)23-20(24)15-9-10-26-19-8-5-17(22)12-16(19)11-15/h3-13H,1-2H3,(H,23,24). The van der Waals surface area contributed by atoms with Gasteiger partial charge in [-0.2, -0.15) is 0 Å². The van der Waals surface area contributed by atoms with Crippen molar-refractivity contribution >= 4 is 39.6 Å². The third-order valence-corrected chi connectivity index (χ3v) is 4.20. The van der Waals surface area contributed by atoms with E-state index in [-0.39, 0.29) is 12.0 Å². The van der Waals surface area contributed by atoms with Gasteiger partial charge in [-0.25, -0.2) is 4.79 Å². The predicted molar refractivity (Wildman–Crippen MR) is 108 cm³/mol. The Morgan fingerprint density at radius 2 is 1.85 bits per heavy atom. The van der Waals surface area contributed by atoms with Crippen molar-refractivity contribution in [1.29, 1.82) is 0 Å². The zero-order valence-electron chi connectivity index (χ0n) is 14.9. The number of carbonyl (C=O) groups excluding carboxylic acids is 2. The van der Waals surface area contributed by atoms with Gasteiger partial charge >= 0.3 is 5.97 Å². The largest absolute Gasteiger partial charge is 0.464 e. The van der Waals surface area contributed by atoms with Gasteiger partial charge in [-0.05, 0) is 68.5 Å². The van der Waals surface area contributed by atoms with Crippen LogP contribution in [-0.2, 0) is 9.53 Å². The Kier molecular flexibility index (Phi) is 5.76. The van der Waals surface area contributed by atoms with E-state index >= 15 is 0 Å². The molecule has 0 fully saturated rings. The van der Waals surface area contributed by atoms with E-state index in [1.54, 1.807) is 50.3 Å². The maximum Gasteiger partial charge on any atom is 0.338 e. The first-order valence-corrected chi connectivity index (χ1v) is 9.18. The van der Waals surface area contributed by atoms with Gasteiger partial charge in [-0.1, -0.05) is 15.9 Å². The number of hydrogen-bond acceptors (Lipinski definition) is 4. The highest BCUT2D eigenvalue weighted by Gasteiger charge is 2.14. The predicted octanol–water partition coefficient (Wildman–Crippen LogP) is 4.94. The van der Waals surface area contributed by atoms with Crippen LogP contribution in [0.2, 0.25) is 0 Å². The van der Waals surface area contributed by atoms with Crippen LogP contribution in [0.5, 0.6) is 5.75 Å². The summed E-state index contributed by atoms with van der Waals surface area (Å²) >= 11 is 3.42. The summed E-state index contributed by atoms with van der Waals surface area (Å²) in [6.45, 7) is 3.59. The van der Waals surface area contributed by atoms with Gasteiger partial charge in [0, 0.05) is 21.3 Å². The van der Waals surface area contributed by atoms with Crippen LogP contribution in [0.4, 0.5) is 5.69 Å². The summed E-state index contributed by atoms with van der Waals surface area (Å²) in [4.78, 5) is 24.5. The maximum absolute atomic E-state index is 12.6. The van der Waals surface area contributed by atoms with E-state index in [1.807, 2.05) is 18.2 Å². The van der Waals surface area contributed by atoms with Crippen LogP contribution in [-0.4, -0.2) is 18.0 Å². The molecule has 1 amide bonds. The highest BCUT2D eigenvalue weighted by molar-refractivity contribution is 9.10. The molecule has 2 aromatic carbocycles. The fourth-order valence-corrected chi connectivity index (χ4v) is 2.83. The van der Waals surface area contributed by atoms with Gasteiger partial charge in [0.1, 0.15) is 5.75 Å². The molecule has 1 heterocycles. The molecule has 0 saturated heterocycles. The Balaban J connectivity index is 1.74. The van der Waals surface area contributed by atoms with Gasteiger partial charge < -0.3 is 14.8 Å². The lowest BCUT2D eigenvalue weighted by atomic mass is 10.1. The first-order valence-electron chi connectivity index (χ1n) is 8.39. The molecule has 0 aromatic heterocycles. The molecule has 1 aliphatic rings. The number of rotatable bonds is 4. The van der Waals surface area contributed by atoms with Crippen molar-refractivity contribution in [3.8, 4) is 5.75 Å². The minimum absolute atomic E-state index is 0.184.